The molecule has 0 heterocycles. The first kappa shape index (κ1) is 85.3. The Morgan fingerprint density at radius 2 is 0.540 bits per heavy atom. The summed E-state index contributed by atoms with van der Waals surface area (Å²) in [6, 6.07) is -0.625. The Morgan fingerprint density at radius 1 is 0.310 bits per heavy atom. The molecule has 0 radical (unpaired) electrons. The van der Waals surface area contributed by atoms with E-state index in [-0.39, 0.29) is 18.5 Å². The van der Waals surface area contributed by atoms with Gasteiger partial charge in [-0.25, -0.2) is 0 Å². The number of ether oxygens (including phenoxy) is 1. The van der Waals surface area contributed by atoms with Crippen LogP contribution in [0.15, 0.2) is 24.3 Å². The third kappa shape index (κ3) is 73.3. The summed E-state index contributed by atoms with van der Waals surface area (Å²) in [7, 11) is 0. The number of carbonyl (C=O) groups is 2. The lowest BCUT2D eigenvalue weighted by Gasteiger charge is -2.20. The van der Waals surface area contributed by atoms with Crippen LogP contribution in [0.2, 0.25) is 0 Å². The molecule has 0 bridgehead atoms. The summed E-state index contributed by atoms with van der Waals surface area (Å²) in [4.78, 5) is 24.6. The highest BCUT2D eigenvalue weighted by molar-refractivity contribution is 5.76. The van der Waals surface area contributed by atoms with E-state index >= 15 is 0 Å². The zero-order valence-electron chi connectivity index (χ0n) is 59.3. The third-order valence-electron chi connectivity index (χ3n) is 19.0. The van der Waals surface area contributed by atoms with Crippen molar-refractivity contribution in [1.82, 2.24) is 5.32 Å². The van der Waals surface area contributed by atoms with Crippen molar-refractivity contribution < 1.29 is 24.5 Å². The molecule has 516 valence electrons. The average molecular weight is 1230 g/mol. The molecule has 0 aliphatic carbocycles. The zero-order valence-corrected chi connectivity index (χ0v) is 59.3. The van der Waals surface area contributed by atoms with Crippen molar-refractivity contribution in [2.45, 2.75) is 469 Å². The molecular formula is C81H157NO5. The molecule has 6 heteroatoms. The standard InChI is InChI=1S/C81H157NO5/c1-3-5-7-9-11-13-15-17-19-20-42-46-49-53-57-61-65-69-73-79(84)78(77-83)82-80(85)74-70-66-62-58-54-50-47-43-40-38-36-34-32-30-28-26-24-22-21-23-25-27-29-31-33-35-37-39-41-44-48-52-56-60-64-68-72-76-87-81(86)75-71-67-63-59-55-51-45-18-16-14-12-10-8-6-4-2/h21,23,69,73,78-79,83-84H,3-20,22,24-68,70-72,74-77H2,1-2H3,(H,82,85)/b23-21-,73-69+. The van der Waals surface area contributed by atoms with Gasteiger partial charge in [0.25, 0.3) is 0 Å². The minimum absolute atomic E-state index is 0.0251. The Morgan fingerprint density at radius 3 is 0.816 bits per heavy atom. The van der Waals surface area contributed by atoms with Gasteiger partial charge in [-0.1, -0.05) is 411 Å². The largest absolute Gasteiger partial charge is 0.466 e. The maximum Gasteiger partial charge on any atom is 0.305 e. The second kappa shape index (κ2) is 76.8. The fraction of sp³-hybridized carbons (Fsp3) is 0.926. The maximum absolute atomic E-state index is 12.5. The van der Waals surface area contributed by atoms with Crippen LogP contribution >= 0.6 is 0 Å². The van der Waals surface area contributed by atoms with Gasteiger partial charge in [-0.05, 0) is 57.8 Å². The third-order valence-corrected chi connectivity index (χ3v) is 19.0. The predicted octanol–water partition coefficient (Wildman–Crippen LogP) is 26.4. The SMILES string of the molecule is CCCCCCCCCCCCCCCCCC/C=C/C(O)C(CO)NC(=O)CCCCCCCCCCCCCCCCCCC/C=C\CCCCCCCCCCCCCCCCCCOC(=O)CCCCCCCCCCCCCCCCC. The van der Waals surface area contributed by atoms with Gasteiger partial charge in [0, 0.05) is 12.8 Å². The van der Waals surface area contributed by atoms with Gasteiger partial charge in [0.05, 0.1) is 25.4 Å². The summed E-state index contributed by atoms with van der Waals surface area (Å²) >= 11 is 0. The van der Waals surface area contributed by atoms with E-state index in [2.05, 4.69) is 31.3 Å². The molecular weight excluding hydrogens is 1070 g/mol. The van der Waals surface area contributed by atoms with Crippen LogP contribution in [-0.2, 0) is 14.3 Å². The van der Waals surface area contributed by atoms with Crippen LogP contribution < -0.4 is 5.32 Å². The van der Waals surface area contributed by atoms with Crippen LogP contribution in [0.25, 0.3) is 0 Å². The number of allylic oxidation sites excluding steroid dienone is 3. The van der Waals surface area contributed by atoms with Crippen LogP contribution in [-0.4, -0.2) is 47.4 Å². The van der Waals surface area contributed by atoms with Crippen molar-refractivity contribution in [2.24, 2.45) is 0 Å². The number of rotatable bonds is 76. The first-order valence-corrected chi connectivity index (χ1v) is 40.1. The lowest BCUT2D eigenvalue weighted by atomic mass is 10.0. The smallest absolute Gasteiger partial charge is 0.305 e. The summed E-state index contributed by atoms with van der Waals surface area (Å²) in [5, 5.41) is 23.2. The predicted molar refractivity (Wildman–Crippen MR) is 384 cm³/mol. The fourth-order valence-electron chi connectivity index (χ4n) is 12.9. The number of carbonyl (C=O) groups excluding carboxylic acids is 2. The Balaban J connectivity index is 3.34. The van der Waals surface area contributed by atoms with Gasteiger partial charge in [0.15, 0.2) is 0 Å². The van der Waals surface area contributed by atoms with Gasteiger partial charge in [-0.2, -0.15) is 0 Å². The quantitative estimate of drug-likeness (QED) is 0.0320. The Labute approximate surface area is 545 Å². The molecule has 2 unspecified atom stereocenters. The molecule has 87 heavy (non-hydrogen) atoms. The molecule has 0 aliphatic rings. The monoisotopic (exact) mass is 1220 g/mol. The van der Waals surface area contributed by atoms with Crippen molar-refractivity contribution in [3.8, 4) is 0 Å². The molecule has 0 saturated heterocycles. The van der Waals surface area contributed by atoms with Crippen molar-refractivity contribution >= 4 is 11.9 Å². The van der Waals surface area contributed by atoms with Crippen LogP contribution in [0, 0.1) is 0 Å². The molecule has 0 rings (SSSR count). The maximum atomic E-state index is 12.5. The van der Waals surface area contributed by atoms with Gasteiger partial charge >= 0.3 is 5.97 Å². The molecule has 0 spiro atoms. The minimum Gasteiger partial charge on any atom is -0.466 e. The normalized spacial score (nSPS) is 12.6. The van der Waals surface area contributed by atoms with Crippen molar-refractivity contribution in [2.75, 3.05) is 13.2 Å². The van der Waals surface area contributed by atoms with E-state index in [0.717, 1.165) is 38.5 Å². The Kier molecular flexibility index (Phi) is 75.3. The van der Waals surface area contributed by atoms with Gasteiger partial charge in [-0.3, -0.25) is 9.59 Å². The van der Waals surface area contributed by atoms with E-state index in [1.54, 1.807) is 6.08 Å². The number of hydrogen-bond acceptors (Lipinski definition) is 5. The van der Waals surface area contributed by atoms with Crippen LogP contribution in [0.4, 0.5) is 0 Å². The van der Waals surface area contributed by atoms with Gasteiger partial charge in [0.2, 0.25) is 5.91 Å². The van der Waals surface area contributed by atoms with Crippen LogP contribution in [0.5, 0.6) is 0 Å². The van der Waals surface area contributed by atoms with Crippen molar-refractivity contribution in [1.29, 1.82) is 0 Å². The van der Waals surface area contributed by atoms with E-state index in [9.17, 15) is 19.8 Å². The van der Waals surface area contributed by atoms with Crippen molar-refractivity contribution in [3.05, 3.63) is 24.3 Å². The number of esters is 1. The zero-order chi connectivity index (χ0) is 62.8. The van der Waals surface area contributed by atoms with Crippen LogP contribution in [0.1, 0.15) is 457 Å². The second-order valence-electron chi connectivity index (χ2n) is 27.8. The molecule has 1 amide bonds. The molecule has 0 aliphatic heterocycles. The number of unbranched alkanes of at least 4 members (excludes halogenated alkanes) is 63. The van der Waals surface area contributed by atoms with E-state index in [1.807, 2.05) is 6.08 Å². The summed E-state index contributed by atoms with van der Waals surface area (Å²) in [5.74, 6) is -0.0347. The molecule has 0 aromatic carbocycles. The van der Waals surface area contributed by atoms with Crippen molar-refractivity contribution in [3.63, 3.8) is 0 Å². The fourth-order valence-corrected chi connectivity index (χ4v) is 12.9. The summed E-state index contributed by atoms with van der Waals surface area (Å²) in [5.41, 5.74) is 0. The first-order chi connectivity index (χ1) is 43.0. The van der Waals surface area contributed by atoms with E-state index < -0.39 is 12.1 Å². The Bertz CT molecular complexity index is 1360. The average Bonchev–Trinajstić information content (AvgIpc) is 3.57. The lowest BCUT2D eigenvalue weighted by Crippen LogP contribution is -2.45. The van der Waals surface area contributed by atoms with Gasteiger partial charge in [0.1, 0.15) is 0 Å². The topological polar surface area (TPSA) is 95.9 Å². The van der Waals surface area contributed by atoms with E-state index in [0.29, 0.717) is 19.4 Å². The van der Waals surface area contributed by atoms with E-state index in [1.165, 1.54) is 392 Å². The number of hydrogen-bond donors (Lipinski definition) is 3. The highest BCUT2D eigenvalue weighted by atomic mass is 16.5. The number of nitrogens with one attached hydrogen (secondary N) is 1. The minimum atomic E-state index is -0.842. The lowest BCUT2D eigenvalue weighted by molar-refractivity contribution is -0.143. The molecule has 0 aromatic heterocycles. The van der Waals surface area contributed by atoms with E-state index in [4.69, 9.17) is 4.74 Å². The molecule has 0 saturated carbocycles. The molecule has 0 fully saturated rings. The second-order valence-corrected chi connectivity index (χ2v) is 27.8. The summed E-state index contributed by atoms with van der Waals surface area (Å²) in [6.07, 6.45) is 98.8. The highest BCUT2D eigenvalue weighted by Gasteiger charge is 2.18. The Hall–Kier alpha value is -1.66. The summed E-state index contributed by atoms with van der Waals surface area (Å²) < 4.78 is 5.51. The molecule has 0 aromatic rings. The first-order valence-electron chi connectivity index (χ1n) is 40.1. The van der Waals surface area contributed by atoms with Crippen LogP contribution in [0.3, 0.4) is 0 Å². The molecule has 6 nitrogen and oxygen atoms in total. The highest BCUT2D eigenvalue weighted by Crippen LogP contribution is 2.20. The number of amides is 1. The van der Waals surface area contributed by atoms with Gasteiger partial charge in [-0.15, -0.1) is 0 Å². The van der Waals surface area contributed by atoms with Gasteiger partial charge < -0.3 is 20.3 Å². The summed E-state index contributed by atoms with van der Waals surface area (Å²) in [6.45, 7) is 4.96. The molecule has 2 atom stereocenters. The number of aliphatic hydroxyl groups excluding tert-OH is 2. The number of aliphatic hydroxyl groups is 2. The molecule has 3 N–H and O–H groups in total.